The number of aliphatic hydroxyl groups is 4. The molecule has 3 fully saturated rings. The van der Waals surface area contributed by atoms with Gasteiger partial charge in [-0.25, -0.2) is 0 Å². The minimum Gasteiger partial charge on any atom is -0.459 e. The van der Waals surface area contributed by atoms with E-state index in [-0.39, 0.29) is 24.5 Å². The van der Waals surface area contributed by atoms with E-state index < -0.39 is 71.5 Å². The third-order valence-corrected chi connectivity index (χ3v) is 10.0. The summed E-state index contributed by atoms with van der Waals surface area (Å²) in [6, 6.07) is -0.628. The molecule has 3 saturated heterocycles. The molecule has 14 atom stereocenters. The van der Waals surface area contributed by atoms with Crippen LogP contribution in [0.4, 0.5) is 0 Å². The van der Waals surface area contributed by atoms with Crippen LogP contribution in [-0.2, 0) is 23.7 Å². The van der Waals surface area contributed by atoms with Gasteiger partial charge in [0.05, 0.1) is 17.8 Å². The molecule has 0 aromatic rings. The van der Waals surface area contributed by atoms with Gasteiger partial charge in [-0.3, -0.25) is 4.79 Å². The summed E-state index contributed by atoms with van der Waals surface area (Å²) in [6.45, 7) is 14.8. The van der Waals surface area contributed by atoms with Crippen molar-refractivity contribution in [2.24, 2.45) is 17.8 Å². The topological polar surface area (TPSA) is 141 Å². The smallest absolute Gasteiger partial charge is 0.314 e. The number of ether oxygens (including phenoxy) is 4. The molecule has 2 bridgehead atoms. The zero-order valence-corrected chi connectivity index (χ0v) is 26.9. The summed E-state index contributed by atoms with van der Waals surface area (Å²) in [7, 11) is 5.69. The Balaban J connectivity index is 2.03. The van der Waals surface area contributed by atoms with Crippen molar-refractivity contribution in [3.63, 3.8) is 0 Å². The summed E-state index contributed by atoms with van der Waals surface area (Å²) in [5.74, 6) is -4.56. The average molecular weight is 589 g/mol. The van der Waals surface area contributed by atoms with Crippen molar-refractivity contribution in [1.29, 1.82) is 0 Å². The first-order valence-corrected chi connectivity index (χ1v) is 15.2. The summed E-state index contributed by atoms with van der Waals surface area (Å²) in [5, 5.41) is 45.8. The van der Waals surface area contributed by atoms with Crippen LogP contribution in [0.15, 0.2) is 0 Å². The highest BCUT2D eigenvalue weighted by Gasteiger charge is 2.64. The fourth-order valence-electron chi connectivity index (χ4n) is 7.33. The Hall–Kier alpha value is -0.890. The van der Waals surface area contributed by atoms with Crippen molar-refractivity contribution < 1.29 is 44.2 Å². The Bertz CT molecular complexity index is 905. The lowest BCUT2D eigenvalue weighted by Crippen LogP contribution is -2.59. The summed E-state index contributed by atoms with van der Waals surface area (Å²) in [6.07, 6.45) is -3.65. The highest BCUT2D eigenvalue weighted by molar-refractivity contribution is 5.73. The standard InChI is InChI=1S/C30H56N2O9/c1-12-22-29(8,36)24(34)20(6)32(11)15-16(2)14-28(7)25(18(4)30(37,41-28)19(5)26(35)39-22)40-27-23(33)21(31(9)10)13-17(3)38-27/h16-25,27,33-34,36-37H,12-15H2,1-11H3/t16-,17-,18-,19+,20-,21?,22-,23-,24-,25-,27+,28?,29-,30?/m1/s1. The van der Waals surface area contributed by atoms with Crippen LogP contribution in [0.25, 0.3) is 0 Å². The van der Waals surface area contributed by atoms with Gasteiger partial charge in [-0.05, 0) is 80.9 Å². The number of carbonyl (C=O) groups excluding carboxylic acids is 1. The van der Waals surface area contributed by atoms with Gasteiger partial charge in [0.15, 0.2) is 12.1 Å². The van der Waals surface area contributed by atoms with Crippen LogP contribution in [0.1, 0.15) is 74.7 Å². The maximum Gasteiger partial charge on any atom is 0.314 e. The molecule has 0 radical (unpaired) electrons. The predicted octanol–water partition coefficient (Wildman–Crippen LogP) is 1.34. The molecule has 0 amide bonds. The zero-order valence-electron chi connectivity index (χ0n) is 26.9. The van der Waals surface area contributed by atoms with Crippen LogP contribution >= 0.6 is 0 Å². The van der Waals surface area contributed by atoms with Gasteiger partial charge in [0, 0.05) is 24.5 Å². The zero-order chi connectivity index (χ0) is 31.2. The molecule has 0 saturated carbocycles. The normalized spacial score (nSPS) is 50.9. The van der Waals surface area contributed by atoms with Gasteiger partial charge in [0.1, 0.15) is 29.8 Å². The number of hydrogen-bond donors (Lipinski definition) is 4. The number of likely N-dealkylation sites (N-methyl/N-ethyl adjacent to an activating group) is 2. The summed E-state index contributed by atoms with van der Waals surface area (Å²) < 4.78 is 24.9. The predicted molar refractivity (Wildman–Crippen MR) is 153 cm³/mol. The van der Waals surface area contributed by atoms with Crippen molar-refractivity contribution >= 4 is 5.97 Å². The molecule has 41 heavy (non-hydrogen) atoms. The minimum atomic E-state index is -1.96. The summed E-state index contributed by atoms with van der Waals surface area (Å²) in [4.78, 5) is 17.5. The maximum atomic E-state index is 13.5. The Morgan fingerprint density at radius 3 is 2.27 bits per heavy atom. The average Bonchev–Trinajstić information content (AvgIpc) is 3.06. The van der Waals surface area contributed by atoms with E-state index in [4.69, 9.17) is 18.9 Å². The second-order valence-electron chi connectivity index (χ2n) is 13.8. The van der Waals surface area contributed by atoms with E-state index in [0.717, 1.165) is 0 Å². The van der Waals surface area contributed by atoms with E-state index in [1.165, 1.54) is 6.92 Å². The van der Waals surface area contributed by atoms with Gasteiger partial charge in [-0.2, -0.15) is 0 Å². The third kappa shape index (κ3) is 6.63. The second-order valence-corrected chi connectivity index (χ2v) is 13.8. The highest BCUT2D eigenvalue weighted by Crippen LogP contribution is 2.50. The molecule has 3 aliphatic heterocycles. The van der Waals surface area contributed by atoms with Gasteiger partial charge in [-0.1, -0.05) is 20.8 Å². The van der Waals surface area contributed by atoms with Crippen molar-refractivity contribution in [2.75, 3.05) is 27.7 Å². The van der Waals surface area contributed by atoms with Crippen LogP contribution in [0.3, 0.4) is 0 Å². The third-order valence-electron chi connectivity index (χ3n) is 10.0. The van der Waals surface area contributed by atoms with Gasteiger partial charge < -0.3 is 49.2 Å². The van der Waals surface area contributed by atoms with E-state index in [0.29, 0.717) is 19.4 Å². The van der Waals surface area contributed by atoms with Crippen molar-refractivity contribution in [3.05, 3.63) is 0 Å². The SMILES string of the molecule is CC[C@H]1OC(=O)[C@H](C)C2(O)OC(C)(C[C@@H](C)CN(C)[C@H](C)[C@@H](O)[C@]1(C)O)[C@H](O[C@@H]1O[C@H](C)CC(N(C)C)[C@H]1O)[C@H]2C. The molecular weight excluding hydrogens is 532 g/mol. The van der Waals surface area contributed by atoms with E-state index in [1.54, 1.807) is 20.8 Å². The fourth-order valence-corrected chi connectivity index (χ4v) is 7.33. The highest BCUT2D eigenvalue weighted by atomic mass is 16.7. The molecule has 11 heteroatoms. The van der Waals surface area contributed by atoms with Crippen molar-refractivity contribution in [3.8, 4) is 0 Å². The lowest BCUT2D eigenvalue weighted by atomic mass is 9.80. The molecule has 240 valence electrons. The number of esters is 1. The van der Waals surface area contributed by atoms with E-state index in [2.05, 4.69) is 6.92 Å². The van der Waals surface area contributed by atoms with Crippen LogP contribution in [0.5, 0.6) is 0 Å². The molecule has 0 aliphatic carbocycles. The lowest BCUT2D eigenvalue weighted by molar-refractivity contribution is -0.286. The van der Waals surface area contributed by atoms with Crippen LogP contribution in [0.2, 0.25) is 0 Å². The Kier molecular flexibility index (Phi) is 10.6. The van der Waals surface area contributed by atoms with Gasteiger partial charge in [0.2, 0.25) is 0 Å². The number of cyclic esters (lactones) is 1. The fraction of sp³-hybridized carbons (Fsp3) is 0.967. The molecule has 3 rings (SSSR count). The first-order chi connectivity index (χ1) is 18.8. The minimum absolute atomic E-state index is 0.00284. The Morgan fingerprint density at radius 2 is 1.71 bits per heavy atom. The molecular formula is C30H56N2O9. The van der Waals surface area contributed by atoms with Crippen LogP contribution < -0.4 is 0 Å². The molecule has 3 heterocycles. The van der Waals surface area contributed by atoms with E-state index >= 15 is 0 Å². The first kappa shape index (κ1) is 34.6. The molecule has 4 N–H and O–H groups in total. The number of hydrogen-bond acceptors (Lipinski definition) is 11. The lowest BCUT2D eigenvalue weighted by Gasteiger charge is -2.44. The van der Waals surface area contributed by atoms with Crippen LogP contribution in [-0.4, -0.2) is 130 Å². The Morgan fingerprint density at radius 1 is 1.10 bits per heavy atom. The quantitative estimate of drug-likeness (QED) is 0.354. The van der Waals surface area contributed by atoms with Gasteiger partial charge >= 0.3 is 5.97 Å². The molecule has 11 nitrogen and oxygen atoms in total. The summed E-state index contributed by atoms with van der Waals surface area (Å²) >= 11 is 0. The molecule has 0 aromatic heterocycles. The first-order valence-electron chi connectivity index (χ1n) is 15.2. The number of nitrogens with zero attached hydrogens (tertiary/aromatic N) is 2. The van der Waals surface area contributed by atoms with E-state index in [9.17, 15) is 25.2 Å². The molecule has 0 aromatic carbocycles. The van der Waals surface area contributed by atoms with E-state index in [1.807, 2.05) is 51.7 Å². The van der Waals surface area contributed by atoms with Gasteiger partial charge in [-0.15, -0.1) is 0 Å². The van der Waals surface area contributed by atoms with Crippen LogP contribution in [0, 0.1) is 17.8 Å². The molecule has 0 spiro atoms. The molecule has 3 aliphatic rings. The largest absolute Gasteiger partial charge is 0.459 e. The van der Waals surface area contributed by atoms with Crippen molar-refractivity contribution in [1.82, 2.24) is 9.80 Å². The monoisotopic (exact) mass is 588 g/mol. The number of fused-ring (bicyclic) bond motifs is 2. The Labute approximate surface area is 246 Å². The second kappa shape index (κ2) is 12.6. The maximum absolute atomic E-state index is 13.5. The molecule has 3 unspecified atom stereocenters. The summed E-state index contributed by atoms with van der Waals surface area (Å²) in [5.41, 5.74) is -2.79. The number of rotatable bonds is 4. The van der Waals surface area contributed by atoms with Crippen molar-refractivity contribution in [2.45, 2.75) is 141 Å². The van der Waals surface area contributed by atoms with Gasteiger partial charge in [0.25, 0.3) is 0 Å². The number of aliphatic hydroxyl groups excluding tert-OH is 2. The number of carbonyl (C=O) groups is 1.